The summed E-state index contributed by atoms with van der Waals surface area (Å²) in [6, 6.07) is 17.1. The molecule has 2 aliphatic rings. The van der Waals surface area contributed by atoms with Gasteiger partial charge in [0.05, 0.1) is 11.7 Å². The first-order valence-corrected chi connectivity index (χ1v) is 7.27. The minimum Gasteiger partial charge on any atom is -0.455 e. The number of rotatable bonds is 0. The molecule has 1 saturated heterocycles. The van der Waals surface area contributed by atoms with Crippen LogP contribution in [0.25, 0.3) is 0 Å². The van der Waals surface area contributed by atoms with Gasteiger partial charge in [-0.2, -0.15) is 0 Å². The molecular formula is C17H18N2O. The quantitative estimate of drug-likeness (QED) is 0.791. The summed E-state index contributed by atoms with van der Waals surface area (Å²) in [6.45, 7) is 3.11. The highest BCUT2D eigenvalue weighted by Gasteiger charge is 2.30. The average molecular weight is 266 g/mol. The Morgan fingerprint density at radius 2 is 1.80 bits per heavy atom. The fourth-order valence-electron chi connectivity index (χ4n) is 3.19. The molecule has 1 atom stereocenters. The van der Waals surface area contributed by atoms with Crippen LogP contribution in [0.2, 0.25) is 0 Å². The number of benzene rings is 2. The monoisotopic (exact) mass is 266 g/mol. The molecule has 102 valence electrons. The molecule has 0 spiro atoms. The van der Waals surface area contributed by atoms with E-state index in [1.165, 1.54) is 11.3 Å². The summed E-state index contributed by atoms with van der Waals surface area (Å²) in [7, 11) is 0. The van der Waals surface area contributed by atoms with Crippen molar-refractivity contribution in [3.05, 3.63) is 54.1 Å². The molecule has 0 aromatic heterocycles. The lowest BCUT2D eigenvalue weighted by molar-refractivity contribution is 0.480. The Balaban J connectivity index is 1.91. The van der Waals surface area contributed by atoms with E-state index in [0.29, 0.717) is 6.04 Å². The SMILES string of the molecule is c1ccc2c(c1)Oc1ccccc1N1CCCNCC21. The Hall–Kier alpha value is -2.00. The normalized spacial score (nSPS) is 20.8. The number of nitrogens with one attached hydrogen (secondary N) is 1. The Kier molecular flexibility index (Phi) is 2.85. The van der Waals surface area contributed by atoms with Crippen LogP contribution in [-0.2, 0) is 0 Å². The summed E-state index contributed by atoms with van der Waals surface area (Å²) in [5, 5.41) is 3.55. The molecule has 0 bridgehead atoms. The molecule has 1 fully saturated rings. The molecule has 1 unspecified atom stereocenters. The Bertz CT molecular complexity index is 572. The smallest absolute Gasteiger partial charge is 0.150 e. The fourth-order valence-corrected chi connectivity index (χ4v) is 3.19. The van der Waals surface area contributed by atoms with Gasteiger partial charge < -0.3 is 15.0 Å². The Morgan fingerprint density at radius 1 is 1.00 bits per heavy atom. The zero-order chi connectivity index (χ0) is 13.4. The molecule has 4 rings (SSSR count). The fraction of sp³-hybridized carbons (Fsp3) is 0.294. The van der Waals surface area contributed by atoms with Gasteiger partial charge in [0.25, 0.3) is 0 Å². The van der Waals surface area contributed by atoms with Crippen molar-refractivity contribution < 1.29 is 4.74 Å². The molecule has 1 N–H and O–H groups in total. The van der Waals surface area contributed by atoms with Crippen LogP contribution in [0.1, 0.15) is 18.0 Å². The van der Waals surface area contributed by atoms with Crippen LogP contribution >= 0.6 is 0 Å². The topological polar surface area (TPSA) is 24.5 Å². The van der Waals surface area contributed by atoms with E-state index in [1.54, 1.807) is 0 Å². The maximum Gasteiger partial charge on any atom is 0.150 e. The number of nitrogens with zero attached hydrogens (tertiary/aromatic N) is 1. The van der Waals surface area contributed by atoms with Crippen molar-refractivity contribution in [2.45, 2.75) is 12.5 Å². The van der Waals surface area contributed by atoms with Crippen molar-refractivity contribution in [2.24, 2.45) is 0 Å². The lowest BCUT2D eigenvalue weighted by Gasteiger charge is -2.30. The van der Waals surface area contributed by atoms with E-state index in [0.717, 1.165) is 37.6 Å². The zero-order valence-electron chi connectivity index (χ0n) is 11.4. The minimum absolute atomic E-state index is 0.345. The summed E-state index contributed by atoms with van der Waals surface area (Å²) >= 11 is 0. The first-order valence-electron chi connectivity index (χ1n) is 7.27. The predicted molar refractivity (Wildman–Crippen MR) is 80.5 cm³/mol. The van der Waals surface area contributed by atoms with Crippen molar-refractivity contribution in [1.29, 1.82) is 0 Å². The van der Waals surface area contributed by atoms with E-state index in [9.17, 15) is 0 Å². The van der Waals surface area contributed by atoms with Gasteiger partial charge in [-0.25, -0.2) is 0 Å². The first-order chi connectivity index (χ1) is 9.93. The summed E-state index contributed by atoms with van der Waals surface area (Å²) in [4.78, 5) is 2.49. The van der Waals surface area contributed by atoms with E-state index < -0.39 is 0 Å². The molecular weight excluding hydrogens is 248 g/mol. The van der Waals surface area contributed by atoms with Crippen LogP contribution in [-0.4, -0.2) is 19.6 Å². The van der Waals surface area contributed by atoms with Crippen LogP contribution in [0, 0.1) is 0 Å². The van der Waals surface area contributed by atoms with E-state index >= 15 is 0 Å². The van der Waals surface area contributed by atoms with Crippen molar-refractivity contribution in [2.75, 3.05) is 24.5 Å². The maximum atomic E-state index is 6.17. The number of anilines is 1. The van der Waals surface area contributed by atoms with Crippen LogP contribution in [0.4, 0.5) is 5.69 Å². The summed E-state index contributed by atoms with van der Waals surface area (Å²) in [5.74, 6) is 1.94. The van der Waals surface area contributed by atoms with Gasteiger partial charge >= 0.3 is 0 Å². The highest BCUT2D eigenvalue weighted by atomic mass is 16.5. The Morgan fingerprint density at radius 3 is 2.75 bits per heavy atom. The molecule has 0 radical (unpaired) electrons. The maximum absolute atomic E-state index is 6.17. The van der Waals surface area contributed by atoms with E-state index in [2.05, 4.69) is 46.6 Å². The van der Waals surface area contributed by atoms with Crippen LogP contribution in [0.5, 0.6) is 11.5 Å². The molecule has 2 heterocycles. The van der Waals surface area contributed by atoms with Crippen LogP contribution < -0.4 is 15.0 Å². The number of hydrogen-bond donors (Lipinski definition) is 1. The van der Waals surface area contributed by atoms with E-state index in [4.69, 9.17) is 4.74 Å². The highest BCUT2D eigenvalue weighted by molar-refractivity contribution is 5.64. The second-order valence-corrected chi connectivity index (χ2v) is 5.37. The van der Waals surface area contributed by atoms with Gasteiger partial charge in [0.1, 0.15) is 5.75 Å². The van der Waals surface area contributed by atoms with Gasteiger partial charge in [-0.05, 0) is 31.2 Å². The second kappa shape index (κ2) is 4.84. The summed E-state index contributed by atoms with van der Waals surface area (Å²) in [5.41, 5.74) is 2.48. The molecule has 2 aromatic carbocycles. The number of fused-ring (bicyclic) bond motifs is 5. The van der Waals surface area contributed by atoms with E-state index in [-0.39, 0.29) is 0 Å². The van der Waals surface area contributed by atoms with Gasteiger partial charge in [0.2, 0.25) is 0 Å². The standard InChI is InChI=1S/C17H18N2O/c1-3-8-16-13(6-1)15-12-18-10-5-11-19(15)14-7-2-4-9-17(14)20-16/h1-4,6-9,15,18H,5,10-12H2. The molecule has 2 aliphatic heterocycles. The van der Waals surface area contributed by atoms with Gasteiger partial charge in [0.15, 0.2) is 5.75 Å². The number of ether oxygens (including phenoxy) is 1. The molecule has 2 aromatic rings. The molecule has 3 heteroatoms. The van der Waals surface area contributed by atoms with Crippen LogP contribution in [0.3, 0.4) is 0 Å². The van der Waals surface area contributed by atoms with Gasteiger partial charge in [-0.1, -0.05) is 30.3 Å². The average Bonchev–Trinajstić information content (AvgIpc) is 2.79. The summed E-state index contributed by atoms with van der Waals surface area (Å²) < 4.78 is 6.17. The third-order valence-electron chi connectivity index (χ3n) is 4.14. The predicted octanol–water partition coefficient (Wildman–Crippen LogP) is 3.33. The molecule has 3 nitrogen and oxygen atoms in total. The van der Waals surface area contributed by atoms with Gasteiger partial charge in [0, 0.05) is 18.7 Å². The summed E-state index contributed by atoms with van der Waals surface area (Å²) in [6.07, 6.45) is 1.16. The van der Waals surface area contributed by atoms with Crippen molar-refractivity contribution in [3.63, 3.8) is 0 Å². The third-order valence-corrected chi connectivity index (χ3v) is 4.14. The molecule has 20 heavy (non-hydrogen) atoms. The zero-order valence-corrected chi connectivity index (χ0v) is 11.4. The minimum atomic E-state index is 0.345. The first kappa shape index (κ1) is 11.8. The largest absolute Gasteiger partial charge is 0.455 e. The van der Waals surface area contributed by atoms with Gasteiger partial charge in [-0.15, -0.1) is 0 Å². The van der Waals surface area contributed by atoms with E-state index in [1.807, 2.05) is 12.1 Å². The lowest BCUT2D eigenvalue weighted by atomic mass is 10.0. The molecule has 0 amide bonds. The molecule has 0 aliphatic carbocycles. The van der Waals surface area contributed by atoms with Crippen molar-refractivity contribution in [1.82, 2.24) is 5.32 Å². The van der Waals surface area contributed by atoms with Crippen molar-refractivity contribution in [3.8, 4) is 11.5 Å². The number of para-hydroxylation sites is 3. The molecule has 0 saturated carbocycles. The Labute approximate surface area is 119 Å². The number of hydrogen-bond acceptors (Lipinski definition) is 3. The second-order valence-electron chi connectivity index (χ2n) is 5.37. The van der Waals surface area contributed by atoms with Gasteiger partial charge in [-0.3, -0.25) is 0 Å². The van der Waals surface area contributed by atoms with Crippen LogP contribution in [0.15, 0.2) is 48.5 Å². The lowest BCUT2D eigenvalue weighted by Crippen LogP contribution is -2.32. The highest BCUT2D eigenvalue weighted by Crippen LogP contribution is 2.43. The third kappa shape index (κ3) is 1.86. The van der Waals surface area contributed by atoms with Crippen molar-refractivity contribution >= 4 is 5.69 Å².